The van der Waals surface area contributed by atoms with Crippen molar-refractivity contribution in [3.8, 4) is 0 Å². The topological polar surface area (TPSA) is 62.8 Å². The van der Waals surface area contributed by atoms with E-state index in [1.807, 2.05) is 6.92 Å². The highest BCUT2D eigenvalue weighted by Gasteiger charge is 2.17. The van der Waals surface area contributed by atoms with Gasteiger partial charge in [-0.05, 0) is 18.9 Å². The summed E-state index contributed by atoms with van der Waals surface area (Å²) in [6, 6.07) is 0. The molecule has 0 bridgehead atoms. The van der Waals surface area contributed by atoms with E-state index >= 15 is 0 Å². The van der Waals surface area contributed by atoms with Gasteiger partial charge in [-0.2, -0.15) is 8.78 Å². The van der Waals surface area contributed by atoms with Crippen LogP contribution in [0.15, 0.2) is 23.5 Å². The van der Waals surface area contributed by atoms with Gasteiger partial charge in [0.05, 0.1) is 11.4 Å². The van der Waals surface area contributed by atoms with Crippen molar-refractivity contribution in [1.82, 2.24) is 9.97 Å². The number of halogens is 2. The fraction of sp³-hybridized carbons (Fsp3) is 0.500. The van der Waals surface area contributed by atoms with Crippen molar-refractivity contribution < 1.29 is 17.2 Å². The van der Waals surface area contributed by atoms with Crippen LogP contribution in [0, 0.1) is 0 Å². The van der Waals surface area contributed by atoms with Crippen LogP contribution < -0.4 is 0 Å². The first-order valence-electron chi connectivity index (χ1n) is 5.24. The molecule has 96 valence electrons. The number of aromatic nitrogens is 2. The summed E-state index contributed by atoms with van der Waals surface area (Å²) in [4.78, 5) is 6.48. The van der Waals surface area contributed by atoms with E-state index in [4.69, 9.17) is 0 Å². The molecule has 4 nitrogen and oxygen atoms in total. The van der Waals surface area contributed by atoms with Crippen molar-refractivity contribution in [2.75, 3.05) is 5.75 Å². The van der Waals surface area contributed by atoms with Crippen LogP contribution in [0.25, 0.3) is 0 Å². The van der Waals surface area contributed by atoms with Gasteiger partial charge in [-0.3, -0.25) is 0 Å². The van der Waals surface area contributed by atoms with Crippen LogP contribution in [0.1, 0.15) is 25.5 Å². The molecule has 0 spiro atoms. The average molecular weight is 264 g/mol. The van der Waals surface area contributed by atoms with Gasteiger partial charge in [0.1, 0.15) is 0 Å². The fourth-order valence-electron chi connectivity index (χ4n) is 1.30. The van der Waals surface area contributed by atoms with Gasteiger partial charge < -0.3 is 4.98 Å². The number of hydrogen-bond donors (Lipinski definition) is 1. The molecule has 7 heteroatoms. The highest BCUT2D eigenvalue weighted by atomic mass is 32.2. The highest BCUT2D eigenvalue weighted by molar-refractivity contribution is 7.91. The Bertz CT molecular complexity index is 490. The molecule has 1 rings (SSSR count). The van der Waals surface area contributed by atoms with Crippen LogP contribution in [0.2, 0.25) is 0 Å². The second-order valence-electron chi connectivity index (χ2n) is 3.55. The molecular weight excluding hydrogens is 250 g/mol. The number of aryl methyl sites for hydroxylation is 1. The number of nitrogens with one attached hydrogen (secondary N) is 1. The molecule has 0 saturated carbocycles. The van der Waals surface area contributed by atoms with Gasteiger partial charge in [0.2, 0.25) is 15.0 Å². The molecule has 0 unspecified atom stereocenters. The quantitative estimate of drug-likeness (QED) is 0.857. The van der Waals surface area contributed by atoms with Crippen molar-refractivity contribution in [1.29, 1.82) is 0 Å². The number of sulfone groups is 1. The minimum Gasteiger partial charge on any atom is -0.335 e. The number of nitrogens with zero attached hydrogens (tertiary/aromatic N) is 1. The smallest absolute Gasteiger partial charge is 0.266 e. The number of rotatable bonds is 6. The zero-order valence-electron chi connectivity index (χ0n) is 9.41. The van der Waals surface area contributed by atoms with E-state index in [1.54, 1.807) is 0 Å². The Morgan fingerprint density at radius 1 is 1.53 bits per heavy atom. The Hall–Kier alpha value is -1.24. The molecular formula is C10H14F2N2O2S. The summed E-state index contributed by atoms with van der Waals surface area (Å²) in [6.07, 6.45) is 1.58. The number of hydrogen-bond acceptors (Lipinski definition) is 3. The lowest BCUT2D eigenvalue weighted by Gasteiger charge is -1.97. The zero-order chi connectivity index (χ0) is 12.9. The SMILES string of the molecule is CCCc1c[nH]c(S(=O)(=O)CCC=C(F)F)n1. The summed E-state index contributed by atoms with van der Waals surface area (Å²) < 4.78 is 46.8. The van der Waals surface area contributed by atoms with Gasteiger partial charge in [-0.1, -0.05) is 13.3 Å². The molecule has 17 heavy (non-hydrogen) atoms. The summed E-state index contributed by atoms with van der Waals surface area (Å²) >= 11 is 0. The molecule has 1 N–H and O–H groups in total. The van der Waals surface area contributed by atoms with Gasteiger partial charge >= 0.3 is 0 Å². The van der Waals surface area contributed by atoms with Crippen LogP contribution in [0.3, 0.4) is 0 Å². The largest absolute Gasteiger partial charge is 0.335 e. The van der Waals surface area contributed by atoms with E-state index in [0.717, 1.165) is 6.42 Å². The minimum atomic E-state index is -3.60. The highest BCUT2D eigenvalue weighted by Crippen LogP contribution is 2.10. The van der Waals surface area contributed by atoms with Crippen molar-refractivity contribution in [3.63, 3.8) is 0 Å². The summed E-state index contributed by atoms with van der Waals surface area (Å²) in [5, 5.41) is -0.145. The van der Waals surface area contributed by atoms with E-state index < -0.39 is 15.9 Å². The Morgan fingerprint density at radius 2 is 2.24 bits per heavy atom. The summed E-state index contributed by atoms with van der Waals surface area (Å²) in [5.74, 6) is -0.372. The van der Waals surface area contributed by atoms with Gasteiger partial charge in [0.25, 0.3) is 6.08 Å². The first-order chi connectivity index (χ1) is 7.95. The molecule has 0 aromatic carbocycles. The van der Waals surface area contributed by atoms with Crippen molar-refractivity contribution in [2.45, 2.75) is 31.3 Å². The number of H-pyrrole nitrogens is 1. The van der Waals surface area contributed by atoms with Crippen LogP contribution in [-0.2, 0) is 16.3 Å². The maximum atomic E-state index is 11.8. The molecule has 1 aromatic rings. The molecule has 0 amide bonds. The molecule has 0 saturated heterocycles. The van der Waals surface area contributed by atoms with Crippen molar-refractivity contribution in [2.24, 2.45) is 0 Å². The van der Waals surface area contributed by atoms with E-state index in [0.29, 0.717) is 18.2 Å². The number of allylic oxidation sites excluding steroid dienone is 1. The lowest BCUT2D eigenvalue weighted by molar-refractivity contribution is 0.418. The molecule has 0 aliphatic heterocycles. The van der Waals surface area contributed by atoms with Crippen LogP contribution in [0.5, 0.6) is 0 Å². The summed E-state index contributed by atoms with van der Waals surface area (Å²) in [6.45, 7) is 1.96. The van der Waals surface area contributed by atoms with Crippen LogP contribution >= 0.6 is 0 Å². The third-order valence-electron chi connectivity index (χ3n) is 2.09. The maximum absolute atomic E-state index is 11.8. The Labute approximate surface area is 98.7 Å². The lowest BCUT2D eigenvalue weighted by Crippen LogP contribution is -2.08. The fourth-order valence-corrected chi connectivity index (χ4v) is 2.42. The molecule has 1 aromatic heterocycles. The van der Waals surface area contributed by atoms with Gasteiger partial charge in [0.15, 0.2) is 0 Å². The minimum absolute atomic E-state index is 0.145. The third-order valence-corrected chi connectivity index (χ3v) is 3.66. The maximum Gasteiger partial charge on any atom is 0.266 e. The molecule has 0 fully saturated rings. The first kappa shape index (κ1) is 13.8. The first-order valence-corrected chi connectivity index (χ1v) is 6.89. The van der Waals surface area contributed by atoms with E-state index in [1.165, 1.54) is 6.20 Å². The Kier molecular flexibility index (Phi) is 4.80. The van der Waals surface area contributed by atoms with Gasteiger partial charge in [-0.25, -0.2) is 13.4 Å². The summed E-state index contributed by atoms with van der Waals surface area (Å²) in [5.41, 5.74) is 0.665. The summed E-state index contributed by atoms with van der Waals surface area (Å²) in [7, 11) is -3.60. The van der Waals surface area contributed by atoms with E-state index in [2.05, 4.69) is 9.97 Å². The van der Waals surface area contributed by atoms with Crippen LogP contribution in [0.4, 0.5) is 8.78 Å². The third kappa shape index (κ3) is 4.26. The van der Waals surface area contributed by atoms with Crippen molar-refractivity contribution in [3.05, 3.63) is 24.0 Å². The molecule has 0 atom stereocenters. The van der Waals surface area contributed by atoms with Gasteiger partial charge in [0, 0.05) is 6.20 Å². The normalized spacial score (nSPS) is 11.5. The molecule has 0 aliphatic carbocycles. The molecule has 0 aliphatic rings. The predicted octanol–water partition coefficient (Wildman–Crippen LogP) is 2.31. The second-order valence-corrected chi connectivity index (χ2v) is 5.57. The van der Waals surface area contributed by atoms with Crippen LogP contribution in [-0.4, -0.2) is 24.1 Å². The number of imidazole rings is 1. The van der Waals surface area contributed by atoms with E-state index in [9.17, 15) is 17.2 Å². The number of aromatic amines is 1. The zero-order valence-corrected chi connectivity index (χ0v) is 10.2. The Morgan fingerprint density at radius 3 is 2.82 bits per heavy atom. The standard InChI is InChI=1S/C10H14F2N2O2S/c1-2-4-8-7-13-10(14-8)17(15,16)6-3-5-9(11)12/h5,7H,2-4,6H2,1H3,(H,13,14). The second kappa shape index (κ2) is 5.90. The average Bonchev–Trinajstić information content (AvgIpc) is 2.66. The monoisotopic (exact) mass is 264 g/mol. The lowest BCUT2D eigenvalue weighted by atomic mass is 10.3. The van der Waals surface area contributed by atoms with E-state index in [-0.39, 0.29) is 17.3 Å². The Balaban J connectivity index is 2.72. The van der Waals surface area contributed by atoms with Gasteiger partial charge in [-0.15, -0.1) is 0 Å². The predicted molar refractivity (Wildman–Crippen MR) is 59.6 cm³/mol. The molecule has 1 heterocycles. The molecule has 0 radical (unpaired) electrons. The van der Waals surface area contributed by atoms with Crippen molar-refractivity contribution >= 4 is 9.84 Å².